The van der Waals surface area contributed by atoms with Crippen LogP contribution in [0.2, 0.25) is 0 Å². The molecule has 0 N–H and O–H groups in total. The van der Waals surface area contributed by atoms with E-state index in [-0.39, 0.29) is 0 Å². The van der Waals surface area contributed by atoms with Crippen LogP contribution < -0.4 is 0 Å². The molecule has 48 valence electrons. The van der Waals surface area contributed by atoms with Crippen LogP contribution in [0.25, 0.3) is 0 Å². The van der Waals surface area contributed by atoms with Gasteiger partial charge >= 0.3 is 0 Å². The van der Waals surface area contributed by atoms with E-state index in [1.807, 2.05) is 0 Å². The summed E-state index contributed by atoms with van der Waals surface area (Å²) in [6.07, 6.45) is 3.18. The lowest BCUT2D eigenvalue weighted by molar-refractivity contribution is -0.0189. The zero-order chi connectivity index (χ0) is 5.98. The summed E-state index contributed by atoms with van der Waals surface area (Å²) in [5.74, 6) is 0.923. The Morgan fingerprint density at radius 2 is 2.12 bits per heavy atom. The lowest BCUT2D eigenvalue weighted by Gasteiger charge is -2.31. The average molecular weight is 114 g/mol. The van der Waals surface area contributed by atoms with Crippen LogP contribution in [0.3, 0.4) is 0 Å². The van der Waals surface area contributed by atoms with Gasteiger partial charge in [0.2, 0.25) is 0 Å². The standard InChI is InChI=1S/C7H14O/c1-3-8-7-4-6(2)5-7/h6-7H,3-5H2,1-2H3. The van der Waals surface area contributed by atoms with E-state index in [4.69, 9.17) is 4.74 Å². The predicted molar refractivity (Wildman–Crippen MR) is 33.8 cm³/mol. The first-order valence-corrected chi connectivity index (χ1v) is 3.44. The fourth-order valence-electron chi connectivity index (χ4n) is 1.20. The Hall–Kier alpha value is -0.0400. The Balaban J connectivity index is 1.98. The maximum atomic E-state index is 5.35. The lowest BCUT2D eigenvalue weighted by Crippen LogP contribution is -2.29. The third kappa shape index (κ3) is 1.22. The molecule has 0 amide bonds. The van der Waals surface area contributed by atoms with Gasteiger partial charge in [-0.25, -0.2) is 0 Å². The summed E-state index contributed by atoms with van der Waals surface area (Å²) in [6, 6.07) is 0. The van der Waals surface area contributed by atoms with E-state index in [9.17, 15) is 0 Å². The van der Waals surface area contributed by atoms with Crippen molar-refractivity contribution in [2.24, 2.45) is 5.92 Å². The molecule has 1 saturated carbocycles. The van der Waals surface area contributed by atoms with Crippen molar-refractivity contribution >= 4 is 0 Å². The van der Waals surface area contributed by atoms with E-state index < -0.39 is 0 Å². The van der Waals surface area contributed by atoms with Gasteiger partial charge in [0.15, 0.2) is 0 Å². The Labute approximate surface area is 51.0 Å². The minimum Gasteiger partial charge on any atom is -0.378 e. The zero-order valence-corrected chi connectivity index (χ0v) is 5.68. The molecule has 0 aliphatic heterocycles. The monoisotopic (exact) mass is 114 g/mol. The molecule has 1 rings (SSSR count). The fourth-order valence-corrected chi connectivity index (χ4v) is 1.20. The van der Waals surface area contributed by atoms with Gasteiger partial charge in [0, 0.05) is 6.61 Å². The largest absolute Gasteiger partial charge is 0.378 e. The van der Waals surface area contributed by atoms with Crippen LogP contribution in [0.15, 0.2) is 0 Å². The molecular weight excluding hydrogens is 100 g/mol. The van der Waals surface area contributed by atoms with Crippen LogP contribution >= 0.6 is 0 Å². The van der Waals surface area contributed by atoms with E-state index in [1.165, 1.54) is 12.8 Å². The summed E-state index contributed by atoms with van der Waals surface area (Å²) in [4.78, 5) is 0. The Kier molecular flexibility index (Phi) is 1.90. The molecule has 0 heterocycles. The van der Waals surface area contributed by atoms with Crippen molar-refractivity contribution < 1.29 is 4.74 Å². The number of hydrogen-bond acceptors (Lipinski definition) is 1. The molecule has 0 unspecified atom stereocenters. The van der Waals surface area contributed by atoms with Gasteiger partial charge in [0.05, 0.1) is 6.10 Å². The SMILES string of the molecule is CCOC1CC(C)C1. The molecule has 0 spiro atoms. The maximum Gasteiger partial charge on any atom is 0.0580 e. The van der Waals surface area contributed by atoms with Crippen molar-refractivity contribution in [3.05, 3.63) is 0 Å². The van der Waals surface area contributed by atoms with Crippen molar-refractivity contribution in [3.63, 3.8) is 0 Å². The number of rotatable bonds is 2. The molecule has 0 atom stereocenters. The first kappa shape index (κ1) is 6.09. The molecule has 0 bridgehead atoms. The predicted octanol–water partition coefficient (Wildman–Crippen LogP) is 1.82. The Morgan fingerprint density at radius 3 is 2.50 bits per heavy atom. The van der Waals surface area contributed by atoms with Gasteiger partial charge in [0.1, 0.15) is 0 Å². The third-order valence-corrected chi connectivity index (χ3v) is 1.73. The normalized spacial score (nSPS) is 36.8. The number of ether oxygens (including phenoxy) is 1. The van der Waals surface area contributed by atoms with Gasteiger partial charge in [0.25, 0.3) is 0 Å². The summed E-state index contributed by atoms with van der Waals surface area (Å²) in [7, 11) is 0. The summed E-state index contributed by atoms with van der Waals surface area (Å²) in [6.45, 7) is 5.22. The number of hydrogen-bond donors (Lipinski definition) is 0. The van der Waals surface area contributed by atoms with Crippen LogP contribution in [0.1, 0.15) is 26.7 Å². The third-order valence-electron chi connectivity index (χ3n) is 1.73. The second kappa shape index (κ2) is 2.49. The first-order valence-electron chi connectivity index (χ1n) is 3.44. The average Bonchev–Trinajstić information content (AvgIpc) is 1.64. The zero-order valence-electron chi connectivity index (χ0n) is 5.68. The van der Waals surface area contributed by atoms with Crippen molar-refractivity contribution in [2.45, 2.75) is 32.8 Å². The Morgan fingerprint density at radius 1 is 1.50 bits per heavy atom. The first-order chi connectivity index (χ1) is 3.83. The highest BCUT2D eigenvalue weighted by atomic mass is 16.5. The van der Waals surface area contributed by atoms with Gasteiger partial charge in [-0.3, -0.25) is 0 Å². The Bertz CT molecular complexity index is 62.0. The molecule has 0 aromatic carbocycles. The van der Waals surface area contributed by atoms with E-state index in [1.54, 1.807) is 0 Å². The van der Waals surface area contributed by atoms with E-state index >= 15 is 0 Å². The molecule has 1 aliphatic rings. The molecule has 1 nitrogen and oxygen atoms in total. The second-order valence-electron chi connectivity index (χ2n) is 2.65. The van der Waals surface area contributed by atoms with Crippen LogP contribution in [0.5, 0.6) is 0 Å². The summed E-state index contributed by atoms with van der Waals surface area (Å²) in [5.41, 5.74) is 0. The molecule has 0 radical (unpaired) electrons. The van der Waals surface area contributed by atoms with Crippen LogP contribution in [0, 0.1) is 5.92 Å². The van der Waals surface area contributed by atoms with E-state index in [2.05, 4.69) is 13.8 Å². The molecule has 8 heavy (non-hydrogen) atoms. The van der Waals surface area contributed by atoms with Crippen LogP contribution in [-0.2, 0) is 4.74 Å². The van der Waals surface area contributed by atoms with Crippen molar-refractivity contribution in [1.29, 1.82) is 0 Å². The van der Waals surface area contributed by atoms with E-state index in [0.717, 1.165) is 12.5 Å². The van der Waals surface area contributed by atoms with Gasteiger partial charge in [-0.1, -0.05) is 6.92 Å². The molecule has 1 fully saturated rings. The van der Waals surface area contributed by atoms with Crippen LogP contribution in [-0.4, -0.2) is 12.7 Å². The molecule has 1 aliphatic carbocycles. The molecule has 0 aromatic heterocycles. The molecular formula is C7H14O. The van der Waals surface area contributed by atoms with Crippen molar-refractivity contribution in [3.8, 4) is 0 Å². The van der Waals surface area contributed by atoms with Crippen molar-refractivity contribution in [1.82, 2.24) is 0 Å². The minimum atomic E-state index is 0.606. The summed E-state index contributed by atoms with van der Waals surface area (Å²) < 4.78 is 5.35. The van der Waals surface area contributed by atoms with E-state index in [0.29, 0.717) is 6.10 Å². The smallest absolute Gasteiger partial charge is 0.0580 e. The fraction of sp³-hybridized carbons (Fsp3) is 1.00. The summed E-state index contributed by atoms with van der Waals surface area (Å²) in [5, 5.41) is 0. The second-order valence-corrected chi connectivity index (χ2v) is 2.65. The quantitative estimate of drug-likeness (QED) is 0.532. The van der Waals surface area contributed by atoms with Gasteiger partial charge in [-0.15, -0.1) is 0 Å². The highest BCUT2D eigenvalue weighted by Gasteiger charge is 2.24. The maximum absolute atomic E-state index is 5.35. The minimum absolute atomic E-state index is 0.606. The molecule has 0 aromatic rings. The molecule has 1 heteroatoms. The lowest BCUT2D eigenvalue weighted by atomic mass is 9.84. The van der Waals surface area contributed by atoms with Gasteiger partial charge in [-0.2, -0.15) is 0 Å². The highest BCUT2D eigenvalue weighted by Crippen LogP contribution is 2.28. The molecule has 0 saturated heterocycles. The highest BCUT2D eigenvalue weighted by molar-refractivity contribution is 4.76. The van der Waals surface area contributed by atoms with Crippen LogP contribution in [0.4, 0.5) is 0 Å². The topological polar surface area (TPSA) is 9.23 Å². The van der Waals surface area contributed by atoms with Crippen molar-refractivity contribution in [2.75, 3.05) is 6.61 Å². The summed E-state index contributed by atoms with van der Waals surface area (Å²) >= 11 is 0. The van der Waals surface area contributed by atoms with Gasteiger partial charge in [-0.05, 0) is 25.7 Å². The van der Waals surface area contributed by atoms with Gasteiger partial charge < -0.3 is 4.74 Å².